The minimum absolute atomic E-state index is 0.648. The lowest BCUT2D eigenvalue weighted by Crippen LogP contribution is -2.55. The highest BCUT2D eigenvalue weighted by molar-refractivity contribution is 5.86. The molecule has 0 saturated carbocycles. The fourth-order valence-corrected chi connectivity index (χ4v) is 4.29. The number of rotatable bonds is 6. The normalized spacial score (nSPS) is 18.1. The number of aromatic amines is 2. The number of aryl methyl sites for hydroxylation is 2. The van der Waals surface area contributed by atoms with Crippen LogP contribution in [-0.2, 0) is 6.42 Å². The number of fused-ring (bicyclic) bond motifs is 2. The summed E-state index contributed by atoms with van der Waals surface area (Å²) in [4.78, 5) is 13.3. The fourth-order valence-electron chi connectivity index (χ4n) is 4.29. The molecule has 1 atom stereocenters. The van der Waals surface area contributed by atoms with Gasteiger partial charge in [0.15, 0.2) is 5.79 Å². The summed E-state index contributed by atoms with van der Waals surface area (Å²) in [6.45, 7) is 2.07. The molecule has 5 rings (SSSR count). The number of nitrogens with zero attached hydrogens (tertiary/aromatic N) is 2. The first-order chi connectivity index (χ1) is 15.4. The van der Waals surface area contributed by atoms with E-state index in [1.807, 2.05) is 31.5 Å². The molecule has 1 aliphatic heterocycles. The molecule has 7 nitrogen and oxygen atoms in total. The molecule has 1 aliphatic rings. The van der Waals surface area contributed by atoms with E-state index in [2.05, 4.69) is 62.4 Å². The van der Waals surface area contributed by atoms with Gasteiger partial charge in [0.05, 0.1) is 7.11 Å². The lowest BCUT2D eigenvalue weighted by Gasteiger charge is -2.35. The van der Waals surface area contributed by atoms with E-state index >= 15 is 0 Å². The summed E-state index contributed by atoms with van der Waals surface area (Å²) in [6.07, 6.45) is 7.21. The van der Waals surface area contributed by atoms with Gasteiger partial charge in [-0.2, -0.15) is 0 Å². The van der Waals surface area contributed by atoms with Gasteiger partial charge in [0.1, 0.15) is 11.6 Å². The molecule has 0 bridgehead atoms. The Balaban J connectivity index is 1.32. The van der Waals surface area contributed by atoms with Gasteiger partial charge in [-0.15, -0.1) is 0 Å². The van der Waals surface area contributed by atoms with Gasteiger partial charge in [-0.05, 0) is 67.4 Å². The Labute approximate surface area is 187 Å². The zero-order chi connectivity index (χ0) is 22.3. The van der Waals surface area contributed by atoms with E-state index in [-0.39, 0.29) is 0 Å². The van der Waals surface area contributed by atoms with Crippen LogP contribution < -0.4 is 20.7 Å². The van der Waals surface area contributed by atoms with Gasteiger partial charge in [-0.25, -0.2) is 0 Å². The van der Waals surface area contributed by atoms with Crippen molar-refractivity contribution in [3.63, 3.8) is 0 Å². The Kier molecular flexibility index (Phi) is 4.90. The third-order valence-electron chi connectivity index (χ3n) is 6.12. The van der Waals surface area contributed by atoms with Crippen molar-refractivity contribution >= 4 is 33.7 Å². The minimum atomic E-state index is -0.879. The Morgan fingerprint density at radius 3 is 2.81 bits per heavy atom. The average molecular weight is 429 g/mol. The van der Waals surface area contributed by atoms with Crippen LogP contribution in [0.25, 0.3) is 21.8 Å². The number of nitrogens with one attached hydrogen (secondary N) is 3. The largest absolute Gasteiger partial charge is 0.497 e. The van der Waals surface area contributed by atoms with Crippen molar-refractivity contribution in [2.75, 3.05) is 19.1 Å². The highest BCUT2D eigenvalue weighted by Gasteiger charge is 2.28. The molecule has 7 heteroatoms. The van der Waals surface area contributed by atoms with Gasteiger partial charge in [0.25, 0.3) is 0 Å². The quantitative estimate of drug-likeness (QED) is 0.371. The first-order valence-electron chi connectivity index (χ1n) is 10.7. The summed E-state index contributed by atoms with van der Waals surface area (Å²) >= 11 is 0. The van der Waals surface area contributed by atoms with Crippen LogP contribution in [0.2, 0.25) is 0 Å². The van der Waals surface area contributed by atoms with E-state index in [0.29, 0.717) is 6.42 Å². The molecule has 0 saturated heterocycles. The number of aliphatic imine (C=N–C) groups is 1. The molecule has 5 N–H and O–H groups in total. The summed E-state index contributed by atoms with van der Waals surface area (Å²) in [6, 6.07) is 14.6. The number of aromatic nitrogens is 2. The van der Waals surface area contributed by atoms with E-state index in [0.717, 1.165) is 45.8 Å². The first kappa shape index (κ1) is 20.2. The fraction of sp³-hybridized carbons (Fsp3) is 0.240. The van der Waals surface area contributed by atoms with Crippen molar-refractivity contribution in [2.45, 2.75) is 25.6 Å². The molecule has 2 aromatic heterocycles. The number of hydrogen-bond donors (Lipinski definition) is 4. The Bertz CT molecular complexity index is 1350. The molecule has 0 amide bonds. The third kappa shape index (κ3) is 3.71. The van der Waals surface area contributed by atoms with Crippen LogP contribution in [0, 0.1) is 6.92 Å². The highest BCUT2D eigenvalue weighted by Crippen LogP contribution is 2.28. The Morgan fingerprint density at radius 2 is 1.97 bits per heavy atom. The smallest absolute Gasteiger partial charge is 0.183 e. The van der Waals surface area contributed by atoms with E-state index in [9.17, 15) is 0 Å². The van der Waals surface area contributed by atoms with Crippen molar-refractivity contribution < 1.29 is 4.74 Å². The van der Waals surface area contributed by atoms with Crippen molar-refractivity contribution in [2.24, 2.45) is 10.7 Å². The Morgan fingerprint density at radius 1 is 1.12 bits per heavy atom. The van der Waals surface area contributed by atoms with Crippen molar-refractivity contribution in [3.05, 3.63) is 71.8 Å². The molecule has 32 heavy (non-hydrogen) atoms. The van der Waals surface area contributed by atoms with Gasteiger partial charge in [-0.3, -0.25) is 10.7 Å². The number of hydrogen-bond acceptors (Lipinski definition) is 5. The van der Waals surface area contributed by atoms with Crippen LogP contribution in [0.15, 0.2) is 65.6 Å². The zero-order valence-electron chi connectivity index (χ0n) is 18.6. The second-order valence-corrected chi connectivity index (χ2v) is 8.39. The van der Waals surface area contributed by atoms with Gasteiger partial charge >= 0.3 is 0 Å². The summed E-state index contributed by atoms with van der Waals surface area (Å²) in [5.74, 6) is 0.876. The van der Waals surface area contributed by atoms with Crippen LogP contribution >= 0.6 is 0 Å². The molecular formula is C25H28N6O. The van der Waals surface area contributed by atoms with Crippen molar-refractivity contribution in [1.82, 2.24) is 15.3 Å². The van der Waals surface area contributed by atoms with Crippen LogP contribution in [0.4, 0.5) is 5.69 Å². The standard InChI is InChI=1S/C25H28N6O/c1-16-12-18-13-19(4-6-22(18)29-16)31(2)24-9-11-28-25(26,30-24)10-8-17-15-27-23-7-5-20(32-3)14-21(17)23/h4-7,9,11-15,27,29-30H,8,10,26H2,1-3H3. The summed E-state index contributed by atoms with van der Waals surface area (Å²) in [7, 11) is 3.72. The van der Waals surface area contributed by atoms with Crippen LogP contribution in [0.1, 0.15) is 17.7 Å². The lowest BCUT2D eigenvalue weighted by atomic mass is 10.0. The SMILES string of the molecule is COc1ccc2[nH]cc(CCC3(N)N=CC=C(N(C)c4ccc5[nH]c(C)cc5c4)N3)c2c1. The maximum absolute atomic E-state index is 6.66. The van der Waals surface area contributed by atoms with Gasteiger partial charge in [0.2, 0.25) is 0 Å². The number of allylic oxidation sites excluding steroid dienone is 1. The number of methoxy groups -OCH3 is 1. The first-order valence-corrected chi connectivity index (χ1v) is 10.7. The summed E-state index contributed by atoms with van der Waals surface area (Å²) < 4.78 is 5.38. The molecule has 4 aromatic rings. The molecule has 2 aromatic carbocycles. The van der Waals surface area contributed by atoms with Crippen molar-refractivity contribution in [1.29, 1.82) is 0 Å². The van der Waals surface area contributed by atoms with Gasteiger partial charge in [-0.1, -0.05) is 0 Å². The van der Waals surface area contributed by atoms with E-state index in [1.54, 1.807) is 13.3 Å². The molecule has 1 unspecified atom stereocenters. The van der Waals surface area contributed by atoms with E-state index in [1.165, 1.54) is 10.9 Å². The number of ether oxygens (including phenoxy) is 1. The maximum atomic E-state index is 6.66. The van der Waals surface area contributed by atoms with Gasteiger partial charge in [0, 0.05) is 59.1 Å². The van der Waals surface area contributed by atoms with E-state index < -0.39 is 5.79 Å². The van der Waals surface area contributed by atoms with Crippen LogP contribution in [-0.4, -0.2) is 36.1 Å². The van der Waals surface area contributed by atoms with Crippen LogP contribution in [0.5, 0.6) is 5.75 Å². The van der Waals surface area contributed by atoms with Gasteiger partial charge < -0.3 is 24.9 Å². The lowest BCUT2D eigenvalue weighted by molar-refractivity contribution is 0.351. The second-order valence-electron chi connectivity index (χ2n) is 8.39. The highest BCUT2D eigenvalue weighted by atomic mass is 16.5. The minimum Gasteiger partial charge on any atom is -0.497 e. The van der Waals surface area contributed by atoms with E-state index in [4.69, 9.17) is 10.5 Å². The molecule has 164 valence electrons. The zero-order valence-corrected chi connectivity index (χ0v) is 18.6. The molecular weight excluding hydrogens is 400 g/mol. The third-order valence-corrected chi connectivity index (χ3v) is 6.12. The molecule has 3 heterocycles. The summed E-state index contributed by atoms with van der Waals surface area (Å²) in [5, 5.41) is 5.77. The number of benzene rings is 2. The second kappa shape index (κ2) is 7.76. The number of H-pyrrole nitrogens is 2. The molecule has 0 radical (unpaired) electrons. The Hall–Kier alpha value is -3.71. The number of nitrogens with two attached hydrogens (primary N) is 1. The predicted molar refractivity (Wildman–Crippen MR) is 131 cm³/mol. The summed E-state index contributed by atoms with van der Waals surface area (Å²) in [5.41, 5.74) is 12.3. The molecule has 0 aliphatic carbocycles. The number of anilines is 1. The topological polar surface area (TPSA) is 94.5 Å². The molecule has 0 spiro atoms. The molecule has 0 fully saturated rings. The maximum Gasteiger partial charge on any atom is 0.183 e. The monoisotopic (exact) mass is 428 g/mol. The predicted octanol–water partition coefficient (Wildman–Crippen LogP) is 4.16. The average Bonchev–Trinajstić information content (AvgIpc) is 3.38. The van der Waals surface area contributed by atoms with Crippen molar-refractivity contribution in [3.8, 4) is 5.75 Å². The van der Waals surface area contributed by atoms with Crippen LogP contribution in [0.3, 0.4) is 0 Å².